The zero-order valence-corrected chi connectivity index (χ0v) is 15.7. The number of rotatable bonds is 4. The molecule has 0 spiro atoms. The van der Waals surface area contributed by atoms with Crippen LogP contribution in [0.3, 0.4) is 0 Å². The third-order valence-corrected chi connectivity index (χ3v) is 4.19. The van der Waals surface area contributed by atoms with Gasteiger partial charge in [-0.05, 0) is 56.3 Å². The fourth-order valence-corrected chi connectivity index (χ4v) is 2.87. The molecule has 28 heavy (non-hydrogen) atoms. The summed E-state index contributed by atoms with van der Waals surface area (Å²) in [5, 5.41) is 12.3. The van der Waals surface area contributed by atoms with Gasteiger partial charge in [-0.2, -0.15) is 5.10 Å². The van der Waals surface area contributed by atoms with E-state index in [1.54, 1.807) is 54.9 Å². The lowest BCUT2D eigenvalue weighted by Gasteiger charge is -2.09. The normalized spacial score (nSPS) is 10.4. The van der Waals surface area contributed by atoms with E-state index in [4.69, 9.17) is 0 Å². The number of carbonyl (C=O) groups excluding carboxylic acids is 2. The molecule has 0 atom stereocenters. The lowest BCUT2D eigenvalue weighted by atomic mass is 10.1. The fourth-order valence-electron chi connectivity index (χ4n) is 2.87. The summed E-state index contributed by atoms with van der Waals surface area (Å²) in [6.07, 6.45) is 0. The molecule has 144 valence electrons. The van der Waals surface area contributed by atoms with E-state index in [1.165, 1.54) is 19.2 Å². The lowest BCUT2D eigenvalue weighted by molar-refractivity contribution is 0.102. The van der Waals surface area contributed by atoms with Crippen LogP contribution in [0.5, 0.6) is 0 Å². The van der Waals surface area contributed by atoms with Gasteiger partial charge in [0.25, 0.3) is 5.91 Å². The lowest BCUT2D eigenvalue weighted by Crippen LogP contribution is -2.24. The second-order valence-electron chi connectivity index (χ2n) is 6.17. The van der Waals surface area contributed by atoms with Gasteiger partial charge in [0, 0.05) is 18.4 Å². The minimum Gasteiger partial charge on any atom is -0.341 e. The number of anilines is 2. The Balaban J connectivity index is 1.84. The molecule has 0 aliphatic rings. The summed E-state index contributed by atoms with van der Waals surface area (Å²) in [4.78, 5) is 24.3. The van der Waals surface area contributed by atoms with Crippen LogP contribution in [-0.4, -0.2) is 28.8 Å². The van der Waals surface area contributed by atoms with Crippen molar-refractivity contribution in [2.45, 2.75) is 13.8 Å². The molecule has 0 aliphatic heterocycles. The summed E-state index contributed by atoms with van der Waals surface area (Å²) in [5.74, 6) is -0.658. The molecule has 7 nitrogen and oxygen atoms in total. The monoisotopic (exact) mass is 381 g/mol. The largest absolute Gasteiger partial charge is 0.341 e. The van der Waals surface area contributed by atoms with Gasteiger partial charge in [-0.1, -0.05) is 6.07 Å². The molecule has 3 aromatic rings. The average Bonchev–Trinajstić information content (AvgIpc) is 2.96. The number of aryl methyl sites for hydroxylation is 1. The van der Waals surface area contributed by atoms with Crippen LogP contribution >= 0.6 is 0 Å². The first-order valence-corrected chi connectivity index (χ1v) is 8.61. The highest BCUT2D eigenvalue weighted by Gasteiger charge is 2.19. The van der Waals surface area contributed by atoms with Crippen molar-refractivity contribution in [3.8, 4) is 5.69 Å². The molecular formula is C20H20FN5O2. The molecule has 3 rings (SSSR count). The van der Waals surface area contributed by atoms with Crippen molar-refractivity contribution in [1.29, 1.82) is 0 Å². The number of carbonyl (C=O) groups is 2. The van der Waals surface area contributed by atoms with E-state index in [-0.39, 0.29) is 17.8 Å². The van der Waals surface area contributed by atoms with E-state index in [2.05, 4.69) is 21.0 Å². The van der Waals surface area contributed by atoms with Crippen LogP contribution in [-0.2, 0) is 0 Å². The van der Waals surface area contributed by atoms with Gasteiger partial charge in [-0.3, -0.25) is 4.79 Å². The Morgan fingerprint density at radius 1 is 1.00 bits per heavy atom. The van der Waals surface area contributed by atoms with Gasteiger partial charge in [0.1, 0.15) is 5.82 Å². The number of aromatic nitrogens is 2. The molecule has 0 bridgehead atoms. The Hall–Kier alpha value is -3.68. The predicted octanol–water partition coefficient (Wildman–Crippen LogP) is 3.63. The quantitative estimate of drug-likeness (QED) is 0.645. The second kappa shape index (κ2) is 7.91. The zero-order valence-electron chi connectivity index (χ0n) is 15.7. The van der Waals surface area contributed by atoms with Gasteiger partial charge in [0.2, 0.25) is 0 Å². The first-order chi connectivity index (χ1) is 13.4. The maximum Gasteiger partial charge on any atom is 0.318 e. The van der Waals surface area contributed by atoms with Crippen molar-refractivity contribution in [1.82, 2.24) is 15.1 Å². The fraction of sp³-hybridized carbons (Fsp3) is 0.150. The number of nitrogens with zero attached hydrogens (tertiary/aromatic N) is 2. The first-order valence-electron chi connectivity index (χ1n) is 8.61. The van der Waals surface area contributed by atoms with Gasteiger partial charge < -0.3 is 16.0 Å². The maximum absolute atomic E-state index is 13.2. The molecule has 0 saturated carbocycles. The highest BCUT2D eigenvalue weighted by Crippen LogP contribution is 2.21. The standard InChI is InChI=1S/C20H20FN5O2/c1-12-18(13(2)26(25-12)17-9-7-14(21)8-10-17)19(27)23-15-5-4-6-16(11-15)24-20(28)22-3/h4-11H,1-3H3,(H,23,27)(H2,22,24,28). The van der Waals surface area contributed by atoms with Crippen LogP contribution in [0.15, 0.2) is 48.5 Å². The minimum absolute atomic E-state index is 0.319. The Labute approximate surface area is 161 Å². The topological polar surface area (TPSA) is 88.1 Å². The summed E-state index contributed by atoms with van der Waals surface area (Å²) >= 11 is 0. The SMILES string of the molecule is CNC(=O)Nc1cccc(NC(=O)c2c(C)nn(-c3ccc(F)cc3)c2C)c1. The van der Waals surface area contributed by atoms with Crippen molar-refractivity contribution < 1.29 is 14.0 Å². The molecule has 3 amide bonds. The van der Waals surface area contributed by atoms with Crippen LogP contribution in [0.4, 0.5) is 20.6 Å². The molecule has 0 saturated heterocycles. The third-order valence-electron chi connectivity index (χ3n) is 4.19. The Morgan fingerprint density at radius 3 is 2.29 bits per heavy atom. The smallest absolute Gasteiger partial charge is 0.318 e. The van der Waals surface area contributed by atoms with Crippen molar-refractivity contribution in [3.63, 3.8) is 0 Å². The molecule has 0 aliphatic carbocycles. The Bertz CT molecular complexity index is 1030. The summed E-state index contributed by atoms with van der Waals surface area (Å²) < 4.78 is 14.8. The van der Waals surface area contributed by atoms with E-state index in [0.717, 1.165) is 0 Å². The Morgan fingerprint density at radius 2 is 1.64 bits per heavy atom. The molecule has 0 radical (unpaired) electrons. The number of amides is 3. The molecule has 8 heteroatoms. The van der Waals surface area contributed by atoms with Gasteiger partial charge >= 0.3 is 6.03 Å². The minimum atomic E-state index is -0.351. The molecular weight excluding hydrogens is 361 g/mol. The van der Waals surface area contributed by atoms with E-state index in [9.17, 15) is 14.0 Å². The molecule has 2 aromatic carbocycles. The van der Waals surface area contributed by atoms with E-state index in [0.29, 0.717) is 34.0 Å². The highest BCUT2D eigenvalue weighted by molar-refractivity contribution is 6.06. The van der Waals surface area contributed by atoms with E-state index in [1.807, 2.05) is 0 Å². The van der Waals surface area contributed by atoms with Crippen molar-refractivity contribution >= 4 is 23.3 Å². The van der Waals surface area contributed by atoms with Crippen LogP contribution < -0.4 is 16.0 Å². The highest BCUT2D eigenvalue weighted by atomic mass is 19.1. The van der Waals surface area contributed by atoms with Crippen LogP contribution in [0.1, 0.15) is 21.7 Å². The van der Waals surface area contributed by atoms with Crippen LogP contribution in [0.2, 0.25) is 0 Å². The number of urea groups is 1. The van der Waals surface area contributed by atoms with Crippen molar-refractivity contribution in [2.75, 3.05) is 17.7 Å². The number of halogens is 1. The second-order valence-corrected chi connectivity index (χ2v) is 6.17. The van der Waals surface area contributed by atoms with Crippen LogP contribution in [0, 0.1) is 19.7 Å². The van der Waals surface area contributed by atoms with Gasteiger partial charge in [-0.25, -0.2) is 13.9 Å². The average molecular weight is 381 g/mol. The molecule has 1 aromatic heterocycles. The van der Waals surface area contributed by atoms with Crippen LogP contribution in [0.25, 0.3) is 5.69 Å². The number of nitrogens with one attached hydrogen (secondary N) is 3. The third kappa shape index (κ3) is 4.01. The van der Waals surface area contributed by atoms with Gasteiger partial charge in [0.05, 0.1) is 22.6 Å². The summed E-state index contributed by atoms with van der Waals surface area (Å²) in [7, 11) is 1.52. The van der Waals surface area contributed by atoms with Gasteiger partial charge in [0.15, 0.2) is 0 Å². The van der Waals surface area contributed by atoms with Gasteiger partial charge in [-0.15, -0.1) is 0 Å². The van der Waals surface area contributed by atoms with E-state index < -0.39 is 0 Å². The molecule has 3 N–H and O–H groups in total. The molecule has 0 unspecified atom stereocenters. The summed E-state index contributed by atoms with van der Waals surface area (Å²) in [6.45, 7) is 3.52. The number of hydrogen-bond acceptors (Lipinski definition) is 3. The first kappa shape index (κ1) is 19.1. The Kier molecular flexibility index (Phi) is 5.39. The summed E-state index contributed by atoms with van der Waals surface area (Å²) in [5.41, 5.74) is 3.38. The molecule has 0 fully saturated rings. The number of hydrogen-bond donors (Lipinski definition) is 3. The maximum atomic E-state index is 13.2. The predicted molar refractivity (Wildman–Crippen MR) is 105 cm³/mol. The van der Waals surface area contributed by atoms with E-state index >= 15 is 0 Å². The number of benzene rings is 2. The zero-order chi connectivity index (χ0) is 20.3. The summed E-state index contributed by atoms with van der Waals surface area (Å²) in [6, 6.07) is 12.4. The van der Waals surface area contributed by atoms with Crippen molar-refractivity contribution in [3.05, 3.63) is 71.3 Å². The molecule has 1 heterocycles. The van der Waals surface area contributed by atoms with Crippen molar-refractivity contribution in [2.24, 2.45) is 0 Å².